The monoisotopic (exact) mass is 485 g/mol. The van der Waals surface area contributed by atoms with E-state index in [1.54, 1.807) is 17.2 Å². The summed E-state index contributed by atoms with van der Waals surface area (Å²) in [5.41, 5.74) is 9.23. The molecule has 0 atom stereocenters. The van der Waals surface area contributed by atoms with Crippen molar-refractivity contribution in [2.24, 2.45) is 0 Å². The van der Waals surface area contributed by atoms with Crippen molar-refractivity contribution in [1.29, 1.82) is 0 Å². The van der Waals surface area contributed by atoms with Crippen LogP contribution < -0.4 is 5.56 Å². The van der Waals surface area contributed by atoms with Gasteiger partial charge in [0.05, 0.1) is 11.4 Å². The van der Waals surface area contributed by atoms with Gasteiger partial charge in [0.1, 0.15) is 17.7 Å². The van der Waals surface area contributed by atoms with E-state index in [0.717, 1.165) is 27.8 Å². The standard InChI is InChI=1S/C31H27N5O/c1-18-8-6-7-9-26(18)23-10-11-28(32-16-23)35-17-33-29-22(5)34-36(30(29)31(35)37)27-15-25-13-20(3)19(2)12-24(25)14-21(27)4/h6-17H,1-5H3. The van der Waals surface area contributed by atoms with Gasteiger partial charge in [0.2, 0.25) is 0 Å². The third-order valence-corrected chi connectivity index (χ3v) is 7.20. The maximum Gasteiger partial charge on any atom is 0.285 e. The van der Waals surface area contributed by atoms with Crippen LogP contribution in [0.3, 0.4) is 0 Å². The Balaban J connectivity index is 1.51. The fraction of sp³-hybridized carbons (Fsp3) is 0.161. The number of rotatable bonds is 3. The molecule has 0 radical (unpaired) electrons. The molecule has 0 N–H and O–H groups in total. The Morgan fingerprint density at radius 1 is 0.730 bits per heavy atom. The molecule has 0 aliphatic carbocycles. The van der Waals surface area contributed by atoms with Gasteiger partial charge >= 0.3 is 0 Å². The summed E-state index contributed by atoms with van der Waals surface area (Å²) in [4.78, 5) is 23.1. The number of hydrogen-bond donors (Lipinski definition) is 0. The van der Waals surface area contributed by atoms with E-state index in [-0.39, 0.29) is 5.56 Å². The molecule has 37 heavy (non-hydrogen) atoms. The highest BCUT2D eigenvalue weighted by Gasteiger charge is 2.18. The summed E-state index contributed by atoms with van der Waals surface area (Å²) in [6.07, 6.45) is 3.34. The van der Waals surface area contributed by atoms with Gasteiger partial charge in [-0.05, 0) is 97.5 Å². The summed E-state index contributed by atoms with van der Waals surface area (Å²) >= 11 is 0. The lowest BCUT2D eigenvalue weighted by Crippen LogP contribution is -2.22. The van der Waals surface area contributed by atoms with Crippen LogP contribution in [0.5, 0.6) is 0 Å². The topological polar surface area (TPSA) is 65.6 Å². The van der Waals surface area contributed by atoms with Gasteiger partial charge in [-0.15, -0.1) is 0 Å². The van der Waals surface area contributed by atoms with Crippen LogP contribution >= 0.6 is 0 Å². The van der Waals surface area contributed by atoms with Crippen molar-refractivity contribution in [3.05, 3.63) is 111 Å². The fourth-order valence-electron chi connectivity index (χ4n) is 4.98. The zero-order valence-corrected chi connectivity index (χ0v) is 21.6. The number of benzene rings is 3. The molecule has 6 aromatic rings. The second-order valence-electron chi connectivity index (χ2n) is 9.76. The molecule has 3 aromatic carbocycles. The number of pyridine rings is 1. The average Bonchev–Trinajstić information content (AvgIpc) is 3.22. The number of aromatic nitrogens is 5. The molecule has 3 aromatic heterocycles. The van der Waals surface area contributed by atoms with Crippen molar-refractivity contribution in [3.8, 4) is 22.6 Å². The molecule has 6 heteroatoms. The molecule has 0 saturated heterocycles. The Kier molecular flexibility index (Phi) is 5.26. The van der Waals surface area contributed by atoms with Gasteiger partial charge < -0.3 is 0 Å². The Bertz CT molecular complexity index is 1890. The van der Waals surface area contributed by atoms with Gasteiger partial charge in [0, 0.05) is 11.8 Å². The quantitative estimate of drug-likeness (QED) is 0.294. The largest absolute Gasteiger partial charge is 0.285 e. The molecular formula is C31H27N5O. The smallest absolute Gasteiger partial charge is 0.266 e. The van der Waals surface area contributed by atoms with Crippen LogP contribution in [0.1, 0.15) is 27.9 Å². The highest BCUT2D eigenvalue weighted by atomic mass is 16.1. The van der Waals surface area contributed by atoms with Gasteiger partial charge in [-0.2, -0.15) is 5.10 Å². The third kappa shape index (κ3) is 3.73. The Morgan fingerprint density at radius 2 is 1.43 bits per heavy atom. The predicted molar refractivity (Wildman–Crippen MR) is 149 cm³/mol. The molecule has 0 aliphatic heterocycles. The van der Waals surface area contributed by atoms with Gasteiger partial charge in [-0.1, -0.05) is 36.4 Å². The van der Waals surface area contributed by atoms with E-state index in [2.05, 4.69) is 67.1 Å². The SMILES string of the molecule is Cc1cc2cc(C)c(-n3nc(C)c4ncn(-c5ccc(-c6ccccc6C)cn5)c(=O)c43)cc2cc1C. The van der Waals surface area contributed by atoms with Gasteiger partial charge in [0.25, 0.3) is 5.56 Å². The van der Waals surface area contributed by atoms with E-state index in [4.69, 9.17) is 5.10 Å². The van der Waals surface area contributed by atoms with Crippen molar-refractivity contribution in [2.45, 2.75) is 34.6 Å². The number of fused-ring (bicyclic) bond motifs is 2. The normalized spacial score (nSPS) is 11.5. The Labute approximate surface area is 214 Å². The molecule has 6 nitrogen and oxygen atoms in total. The maximum absolute atomic E-state index is 13.8. The van der Waals surface area contributed by atoms with Crippen molar-refractivity contribution in [2.75, 3.05) is 0 Å². The van der Waals surface area contributed by atoms with E-state index in [1.165, 1.54) is 26.6 Å². The highest BCUT2D eigenvalue weighted by molar-refractivity contribution is 5.88. The van der Waals surface area contributed by atoms with Crippen LogP contribution in [-0.4, -0.2) is 24.3 Å². The highest BCUT2D eigenvalue weighted by Crippen LogP contribution is 2.28. The molecular weight excluding hydrogens is 458 g/mol. The summed E-state index contributed by atoms with van der Waals surface area (Å²) < 4.78 is 3.23. The van der Waals surface area contributed by atoms with E-state index in [0.29, 0.717) is 22.5 Å². The Morgan fingerprint density at radius 3 is 2.14 bits per heavy atom. The van der Waals surface area contributed by atoms with E-state index < -0.39 is 0 Å². The first kappa shape index (κ1) is 22.9. The molecule has 0 fully saturated rings. The summed E-state index contributed by atoms with van der Waals surface area (Å²) in [6, 6.07) is 20.7. The molecule has 0 saturated carbocycles. The summed E-state index contributed by atoms with van der Waals surface area (Å²) in [6.45, 7) is 10.2. The number of aryl methyl sites for hydroxylation is 5. The molecule has 0 bridgehead atoms. The average molecular weight is 486 g/mol. The summed E-state index contributed by atoms with van der Waals surface area (Å²) in [7, 11) is 0. The zero-order chi connectivity index (χ0) is 25.8. The summed E-state index contributed by atoms with van der Waals surface area (Å²) in [5.74, 6) is 0.517. The zero-order valence-electron chi connectivity index (χ0n) is 21.6. The minimum absolute atomic E-state index is 0.207. The lowest BCUT2D eigenvalue weighted by atomic mass is 10.00. The molecule has 0 spiro atoms. The first-order valence-corrected chi connectivity index (χ1v) is 12.3. The van der Waals surface area contributed by atoms with Crippen molar-refractivity contribution in [3.63, 3.8) is 0 Å². The first-order valence-electron chi connectivity index (χ1n) is 12.3. The lowest BCUT2D eigenvalue weighted by molar-refractivity contribution is 0.862. The number of nitrogens with zero attached hydrogens (tertiary/aromatic N) is 5. The van der Waals surface area contributed by atoms with Crippen LogP contribution in [0.2, 0.25) is 0 Å². The van der Waals surface area contributed by atoms with Crippen LogP contribution in [0.25, 0.3) is 44.4 Å². The second kappa shape index (κ2) is 8.52. The third-order valence-electron chi connectivity index (χ3n) is 7.20. The maximum atomic E-state index is 13.8. The molecule has 6 rings (SSSR count). The van der Waals surface area contributed by atoms with E-state index in [1.807, 2.05) is 38.1 Å². The minimum Gasteiger partial charge on any atom is -0.266 e. The van der Waals surface area contributed by atoms with Gasteiger partial charge in [0.15, 0.2) is 5.52 Å². The van der Waals surface area contributed by atoms with E-state index >= 15 is 0 Å². The van der Waals surface area contributed by atoms with E-state index in [9.17, 15) is 4.79 Å². The predicted octanol–water partition coefficient (Wildman–Crippen LogP) is 6.33. The molecule has 182 valence electrons. The number of hydrogen-bond acceptors (Lipinski definition) is 4. The van der Waals surface area contributed by atoms with Gasteiger partial charge in [-0.25, -0.2) is 19.2 Å². The van der Waals surface area contributed by atoms with Crippen molar-refractivity contribution >= 4 is 21.8 Å². The lowest BCUT2D eigenvalue weighted by Gasteiger charge is -2.12. The van der Waals surface area contributed by atoms with Gasteiger partial charge in [-0.3, -0.25) is 4.79 Å². The van der Waals surface area contributed by atoms with Crippen LogP contribution in [0.4, 0.5) is 0 Å². The first-order chi connectivity index (χ1) is 17.8. The van der Waals surface area contributed by atoms with Crippen LogP contribution in [0, 0.1) is 34.6 Å². The molecule has 0 amide bonds. The van der Waals surface area contributed by atoms with Crippen molar-refractivity contribution in [1.82, 2.24) is 24.3 Å². The molecule has 3 heterocycles. The minimum atomic E-state index is -0.207. The molecule has 0 unspecified atom stereocenters. The fourth-order valence-corrected chi connectivity index (χ4v) is 4.98. The van der Waals surface area contributed by atoms with Crippen LogP contribution in [0.15, 0.2) is 78.0 Å². The second-order valence-corrected chi connectivity index (χ2v) is 9.76. The van der Waals surface area contributed by atoms with Crippen molar-refractivity contribution < 1.29 is 0 Å². The Hall–Kier alpha value is -4.58. The molecule has 0 aliphatic rings. The van der Waals surface area contributed by atoms with Crippen LogP contribution in [-0.2, 0) is 0 Å². The summed E-state index contributed by atoms with van der Waals surface area (Å²) in [5, 5.41) is 7.03.